The zero-order valence-corrected chi connectivity index (χ0v) is 20.8. The Bertz CT molecular complexity index is 1670. The molecule has 0 radical (unpaired) electrons. The highest BCUT2D eigenvalue weighted by atomic mass is 19.3. The van der Waals surface area contributed by atoms with Gasteiger partial charge in [0.1, 0.15) is 23.0 Å². The number of ether oxygens (including phenoxy) is 2. The van der Waals surface area contributed by atoms with Gasteiger partial charge in [-0.2, -0.15) is 22.5 Å². The third kappa shape index (κ3) is 4.18. The van der Waals surface area contributed by atoms with Gasteiger partial charge in [-0.3, -0.25) is 4.79 Å². The number of carbonyl (C=O) groups excluding carboxylic acids is 1. The lowest BCUT2D eigenvalue weighted by Gasteiger charge is -2.21. The summed E-state index contributed by atoms with van der Waals surface area (Å²) in [5.74, 6) is -2.04. The second-order valence-corrected chi connectivity index (χ2v) is 9.88. The number of fused-ring (bicyclic) bond motifs is 9. The molecule has 0 saturated heterocycles. The summed E-state index contributed by atoms with van der Waals surface area (Å²) >= 11 is 0. The van der Waals surface area contributed by atoms with E-state index in [1.54, 1.807) is 4.57 Å². The topological polar surface area (TPSA) is 111 Å². The van der Waals surface area contributed by atoms with Crippen molar-refractivity contribution >= 4 is 16.9 Å². The molecule has 2 N–H and O–H groups in total. The number of aliphatic hydroxyl groups is 1. The number of alkyl halides is 4. The molecule has 0 unspecified atom stereocenters. The van der Waals surface area contributed by atoms with Gasteiger partial charge in [-0.15, -0.1) is 0 Å². The van der Waals surface area contributed by atoms with Gasteiger partial charge in [-0.1, -0.05) is 6.07 Å². The fraction of sp³-hybridized carbons (Fsp3) is 0.308. The number of aromatic nitrogens is 4. The van der Waals surface area contributed by atoms with Crippen LogP contribution < -0.4 is 14.8 Å². The highest BCUT2D eigenvalue weighted by Gasteiger charge is 2.42. The SMILES string of the molecule is CC(C)(O)c1ncc(-c2cc3c(cc2F)nc2n3[C@@H]3C[C@H]2NC(=O)c2cccc(OC(F)F)c23)c(OC(F)F)n1. The van der Waals surface area contributed by atoms with Gasteiger partial charge in [0, 0.05) is 29.0 Å². The number of hydrogen-bond acceptors (Lipinski definition) is 7. The summed E-state index contributed by atoms with van der Waals surface area (Å²) < 4.78 is 79.4. The number of hydrogen-bond donors (Lipinski definition) is 2. The molecule has 2 aliphatic heterocycles. The van der Waals surface area contributed by atoms with Crippen molar-refractivity contribution in [1.82, 2.24) is 24.8 Å². The van der Waals surface area contributed by atoms with Gasteiger partial charge in [-0.25, -0.2) is 14.4 Å². The van der Waals surface area contributed by atoms with Crippen molar-refractivity contribution in [2.24, 2.45) is 0 Å². The Morgan fingerprint density at radius 1 is 1.07 bits per heavy atom. The summed E-state index contributed by atoms with van der Waals surface area (Å²) in [5.41, 5.74) is -1.14. The van der Waals surface area contributed by atoms with Gasteiger partial charge in [0.15, 0.2) is 5.82 Å². The molecular weight excluding hydrogens is 541 g/mol. The van der Waals surface area contributed by atoms with E-state index in [0.29, 0.717) is 11.3 Å². The second kappa shape index (κ2) is 9.11. The minimum absolute atomic E-state index is 0.142. The Kier molecular flexibility index (Phi) is 5.91. The summed E-state index contributed by atoms with van der Waals surface area (Å²) in [6, 6.07) is 5.36. The highest BCUT2D eigenvalue weighted by molar-refractivity contribution is 5.98. The first-order chi connectivity index (χ1) is 18.9. The van der Waals surface area contributed by atoms with Gasteiger partial charge in [0.25, 0.3) is 5.91 Å². The van der Waals surface area contributed by atoms with Crippen LogP contribution in [0.15, 0.2) is 36.5 Å². The van der Waals surface area contributed by atoms with Crippen LogP contribution >= 0.6 is 0 Å². The van der Waals surface area contributed by atoms with Crippen molar-refractivity contribution in [3.8, 4) is 22.8 Å². The molecule has 40 heavy (non-hydrogen) atoms. The Labute approximate surface area is 222 Å². The van der Waals surface area contributed by atoms with E-state index in [4.69, 9.17) is 4.74 Å². The van der Waals surface area contributed by atoms with Crippen LogP contribution in [0.4, 0.5) is 22.0 Å². The summed E-state index contributed by atoms with van der Waals surface area (Å²) in [6.45, 7) is -3.75. The molecule has 14 heteroatoms. The number of rotatable bonds is 6. The van der Waals surface area contributed by atoms with Crippen molar-refractivity contribution in [2.45, 2.75) is 51.2 Å². The maximum atomic E-state index is 15.4. The van der Waals surface area contributed by atoms with Crippen molar-refractivity contribution in [1.29, 1.82) is 0 Å². The number of nitrogens with zero attached hydrogens (tertiary/aromatic N) is 4. The quantitative estimate of drug-likeness (QED) is 0.324. The number of halogens is 5. The van der Waals surface area contributed by atoms with Crippen molar-refractivity contribution in [3.05, 3.63) is 65.1 Å². The Morgan fingerprint density at radius 3 is 2.52 bits per heavy atom. The van der Waals surface area contributed by atoms with E-state index >= 15 is 4.39 Å². The molecule has 2 atom stereocenters. The number of amides is 1. The summed E-state index contributed by atoms with van der Waals surface area (Å²) in [5, 5.41) is 13.1. The molecule has 4 aromatic rings. The molecule has 9 nitrogen and oxygen atoms in total. The van der Waals surface area contributed by atoms with Crippen molar-refractivity contribution < 1.29 is 41.3 Å². The molecule has 2 aromatic heterocycles. The standard InChI is InChI=1S/C26H20F5N5O4/c1-26(2,38)23-32-9-12(22(35-23)40-25(30)31)11-6-16-14(7-13(11)27)33-20-15-8-17(36(16)20)19-10(21(37)34-15)4-3-5-18(19)39-24(28)29/h3-7,9,15,17,24-25,38H,8H2,1-2H3,(H,34,37)/t15-,17-/m1/s1. The third-order valence-electron chi connectivity index (χ3n) is 6.85. The monoisotopic (exact) mass is 561 g/mol. The summed E-state index contributed by atoms with van der Waals surface area (Å²) in [7, 11) is 0. The van der Waals surface area contributed by atoms with E-state index in [1.165, 1.54) is 38.1 Å². The largest absolute Gasteiger partial charge is 0.434 e. The molecule has 0 spiro atoms. The zero-order valence-electron chi connectivity index (χ0n) is 20.8. The molecule has 6 rings (SSSR count). The first-order valence-electron chi connectivity index (χ1n) is 12.1. The molecule has 0 fully saturated rings. The summed E-state index contributed by atoms with van der Waals surface area (Å²) in [4.78, 5) is 25.3. The second-order valence-electron chi connectivity index (χ2n) is 9.88. The maximum Gasteiger partial charge on any atom is 0.388 e. The lowest BCUT2D eigenvalue weighted by atomic mass is 9.97. The van der Waals surface area contributed by atoms with Gasteiger partial charge in [0.05, 0.1) is 28.7 Å². The van der Waals surface area contributed by atoms with E-state index in [0.717, 1.165) is 12.3 Å². The molecule has 208 valence electrons. The van der Waals surface area contributed by atoms with Crippen molar-refractivity contribution in [3.63, 3.8) is 0 Å². The van der Waals surface area contributed by atoms with Gasteiger partial charge >= 0.3 is 13.2 Å². The minimum atomic E-state index is -3.30. The van der Waals surface area contributed by atoms with Crippen LogP contribution in [-0.4, -0.2) is 43.8 Å². The first-order valence-corrected chi connectivity index (χ1v) is 12.1. The van der Waals surface area contributed by atoms with Gasteiger partial charge < -0.3 is 24.5 Å². The van der Waals surface area contributed by atoms with Crippen LogP contribution in [0.3, 0.4) is 0 Å². The van der Waals surface area contributed by atoms with Crippen LogP contribution in [-0.2, 0) is 5.60 Å². The van der Waals surface area contributed by atoms with Gasteiger partial charge in [0.2, 0.25) is 5.88 Å². The van der Waals surface area contributed by atoms with E-state index in [-0.39, 0.29) is 45.8 Å². The van der Waals surface area contributed by atoms with E-state index in [2.05, 4.69) is 25.0 Å². The highest BCUT2D eigenvalue weighted by Crippen LogP contribution is 2.48. The average molecular weight is 561 g/mol. The van der Waals surface area contributed by atoms with Crippen LogP contribution in [0.5, 0.6) is 11.6 Å². The number of benzene rings is 2. The number of imidazole rings is 1. The first kappa shape index (κ1) is 25.9. The number of carbonyl (C=O) groups is 1. The fourth-order valence-electron chi connectivity index (χ4n) is 5.26. The van der Waals surface area contributed by atoms with Crippen LogP contribution in [0.25, 0.3) is 22.2 Å². The predicted molar refractivity (Wildman–Crippen MR) is 129 cm³/mol. The molecule has 2 aliphatic rings. The average Bonchev–Trinajstić information content (AvgIpc) is 3.34. The van der Waals surface area contributed by atoms with Crippen molar-refractivity contribution in [2.75, 3.05) is 0 Å². The van der Waals surface area contributed by atoms with Crippen LogP contribution in [0.2, 0.25) is 0 Å². The molecule has 2 aromatic carbocycles. The fourth-order valence-corrected chi connectivity index (χ4v) is 5.26. The van der Waals surface area contributed by atoms with E-state index in [9.17, 15) is 27.5 Å². The van der Waals surface area contributed by atoms with Crippen LogP contribution in [0, 0.1) is 5.82 Å². The maximum absolute atomic E-state index is 15.4. The Hall–Kier alpha value is -4.33. The van der Waals surface area contributed by atoms with E-state index < -0.39 is 48.5 Å². The molecule has 0 aliphatic carbocycles. The summed E-state index contributed by atoms with van der Waals surface area (Å²) in [6.07, 6.45) is 1.33. The van der Waals surface area contributed by atoms with E-state index in [1.807, 2.05) is 0 Å². The lowest BCUT2D eigenvalue weighted by molar-refractivity contribution is -0.0535. The third-order valence-corrected chi connectivity index (χ3v) is 6.85. The zero-order chi connectivity index (χ0) is 28.5. The predicted octanol–water partition coefficient (Wildman–Crippen LogP) is 4.84. The normalized spacial score (nSPS) is 18.1. The molecule has 1 amide bonds. The lowest BCUT2D eigenvalue weighted by Crippen LogP contribution is -2.28. The molecule has 2 bridgehead atoms. The van der Waals surface area contributed by atoms with Gasteiger partial charge in [-0.05, 0) is 38.5 Å². The Balaban J connectivity index is 1.56. The van der Waals surface area contributed by atoms with Crippen LogP contribution in [0.1, 0.15) is 59.9 Å². The minimum Gasteiger partial charge on any atom is -0.434 e. The molecule has 0 saturated carbocycles. The molecule has 4 heterocycles. The number of nitrogens with one attached hydrogen (secondary N) is 1. The molecular formula is C26H20F5N5O4. The Morgan fingerprint density at radius 2 is 1.82 bits per heavy atom. The smallest absolute Gasteiger partial charge is 0.388 e.